The zero-order valence-electron chi connectivity index (χ0n) is 20.9. The minimum absolute atomic E-state index is 0. The van der Waals surface area contributed by atoms with Crippen molar-refractivity contribution in [2.75, 3.05) is 13.3 Å². The van der Waals surface area contributed by atoms with Gasteiger partial charge in [0.15, 0.2) is 0 Å². The van der Waals surface area contributed by atoms with Gasteiger partial charge in [-0.3, -0.25) is 4.79 Å². The van der Waals surface area contributed by atoms with Crippen molar-refractivity contribution < 1.29 is 46.7 Å². The van der Waals surface area contributed by atoms with Gasteiger partial charge in [-0.25, -0.2) is 0 Å². The molecule has 0 fully saturated rings. The first-order valence-corrected chi connectivity index (χ1v) is 14.1. The van der Waals surface area contributed by atoms with Crippen LogP contribution in [0.1, 0.15) is 29.9 Å². The van der Waals surface area contributed by atoms with E-state index in [1.807, 2.05) is 54.6 Å². The fourth-order valence-corrected chi connectivity index (χ4v) is 9.28. The molecule has 2 nitrogen and oxygen atoms in total. The van der Waals surface area contributed by atoms with Gasteiger partial charge in [0, 0.05) is 0 Å². The molecule has 7 heteroatoms. The van der Waals surface area contributed by atoms with E-state index in [2.05, 4.69) is 36.4 Å². The predicted octanol–water partition coefficient (Wildman–Crippen LogP) is 3.74. The van der Waals surface area contributed by atoms with Crippen molar-refractivity contribution in [1.29, 1.82) is 0 Å². The van der Waals surface area contributed by atoms with Gasteiger partial charge in [0.1, 0.15) is 23.2 Å². The quantitative estimate of drug-likeness (QED) is 0.157. The van der Waals surface area contributed by atoms with Crippen LogP contribution >= 0.6 is 7.26 Å². The monoisotopic (exact) mass is 648 g/mol. The normalized spacial score (nSPS) is 12.3. The van der Waals surface area contributed by atoms with Crippen molar-refractivity contribution in [2.45, 2.75) is 24.9 Å². The van der Waals surface area contributed by atoms with E-state index in [0.717, 1.165) is 6.07 Å². The maximum Gasteiger partial charge on any atom is 0.416 e. The smallest absolute Gasteiger partial charge is 0.416 e. The van der Waals surface area contributed by atoms with E-state index in [9.17, 15) is 18.0 Å². The molecule has 0 bridgehead atoms. The number of carbonyl (C=O) groups is 1. The van der Waals surface area contributed by atoms with Gasteiger partial charge in [-0.1, -0.05) is 72.8 Å². The summed E-state index contributed by atoms with van der Waals surface area (Å²) in [4.78, 5) is 12.4. The number of halogens is 4. The van der Waals surface area contributed by atoms with Crippen LogP contribution in [0, 0.1) is 0 Å². The largest absolute Gasteiger partial charge is 1.00 e. The third-order valence-corrected chi connectivity index (χ3v) is 11.2. The lowest BCUT2D eigenvalue weighted by Gasteiger charge is -2.29. The number of hydrogen-bond acceptors (Lipinski definition) is 2. The Bertz CT molecular complexity index is 1200. The van der Waals surface area contributed by atoms with Crippen molar-refractivity contribution in [3.8, 4) is 0 Å². The molecule has 0 radical (unpaired) electrons. The van der Waals surface area contributed by atoms with Crippen molar-refractivity contribution in [3.05, 3.63) is 126 Å². The molecule has 0 saturated carbocycles. The van der Waals surface area contributed by atoms with Crippen LogP contribution in [-0.2, 0) is 15.7 Å². The Balaban J connectivity index is 0.00000400. The Hall–Kier alpha value is -2.70. The molecule has 1 atom stereocenters. The molecule has 0 aliphatic carbocycles. The predicted molar refractivity (Wildman–Crippen MR) is 145 cm³/mol. The second kappa shape index (κ2) is 13.4. The first-order chi connectivity index (χ1) is 17.8. The van der Waals surface area contributed by atoms with Crippen molar-refractivity contribution >= 4 is 29.1 Å². The molecular weight excluding hydrogens is 619 g/mol. The maximum atomic E-state index is 13.5. The molecule has 198 valence electrons. The second-order valence-corrected chi connectivity index (χ2v) is 12.5. The first kappa shape index (κ1) is 29.9. The zero-order valence-corrected chi connectivity index (χ0v) is 24.0. The number of methoxy groups -OCH3 is 1. The second-order valence-electron chi connectivity index (χ2n) is 8.93. The number of rotatable bonds is 9. The third-order valence-electron chi connectivity index (χ3n) is 6.73. The number of alkyl halides is 3. The van der Waals surface area contributed by atoms with Crippen LogP contribution in [0.3, 0.4) is 0 Å². The Morgan fingerprint density at radius 1 is 0.763 bits per heavy atom. The average molecular weight is 648 g/mol. The van der Waals surface area contributed by atoms with E-state index < -0.39 is 30.9 Å². The minimum atomic E-state index is -4.46. The van der Waals surface area contributed by atoms with Crippen molar-refractivity contribution in [2.24, 2.45) is 0 Å². The van der Waals surface area contributed by atoms with Gasteiger partial charge in [-0.2, -0.15) is 13.2 Å². The van der Waals surface area contributed by atoms with Crippen LogP contribution in [0.25, 0.3) is 0 Å². The van der Waals surface area contributed by atoms with E-state index in [0.29, 0.717) is 18.1 Å². The number of carbonyl (C=O) groups excluding carboxylic acids is 1. The van der Waals surface area contributed by atoms with Crippen LogP contribution in [0.5, 0.6) is 0 Å². The Kier molecular flexibility index (Phi) is 10.5. The molecule has 4 aromatic rings. The summed E-state index contributed by atoms with van der Waals surface area (Å²) in [6.07, 6.45) is -3.25. The topological polar surface area (TPSA) is 26.3 Å². The fraction of sp³-hybridized carbons (Fsp3) is 0.194. The molecule has 0 saturated heterocycles. The fourth-order valence-electron chi connectivity index (χ4n) is 4.87. The average Bonchev–Trinajstić information content (AvgIpc) is 2.94. The minimum Gasteiger partial charge on any atom is -1.00 e. The van der Waals surface area contributed by atoms with E-state index in [1.54, 1.807) is 6.07 Å². The standard InChI is InChI=1S/C31H29F3O2P.HI/c1-36-30(35)23-25(24-12-11-13-26(22-24)31(32,33)34)20-21-37(27-14-5-2-6-15-27,28-16-7-3-8-17-28)29-18-9-4-10-19-29;/h2-19,22,25H,20-21,23H2,1H3;1H/q+1;/p-1/t25-;/m0./s1. The molecular formula is C31H29F3IO2P. The van der Waals surface area contributed by atoms with E-state index in [-0.39, 0.29) is 30.4 Å². The van der Waals surface area contributed by atoms with Crippen LogP contribution in [0.4, 0.5) is 13.2 Å². The van der Waals surface area contributed by atoms with Crippen LogP contribution < -0.4 is 39.9 Å². The SMILES string of the molecule is COC(=O)C[C@H](CC[P+](c1ccccc1)(c1ccccc1)c1ccccc1)c1cccc(C(F)(F)F)c1.[I-]. The lowest BCUT2D eigenvalue weighted by atomic mass is 9.92. The molecule has 0 heterocycles. The van der Waals surface area contributed by atoms with Gasteiger partial charge >= 0.3 is 12.1 Å². The van der Waals surface area contributed by atoms with Crippen LogP contribution in [0.2, 0.25) is 0 Å². The molecule has 0 unspecified atom stereocenters. The highest BCUT2D eigenvalue weighted by Crippen LogP contribution is 2.56. The molecule has 0 aliphatic heterocycles. The lowest BCUT2D eigenvalue weighted by molar-refractivity contribution is -0.141. The highest BCUT2D eigenvalue weighted by Gasteiger charge is 2.45. The summed E-state index contributed by atoms with van der Waals surface area (Å²) in [7, 11) is -0.892. The molecule has 0 spiro atoms. The van der Waals surface area contributed by atoms with Gasteiger partial charge < -0.3 is 28.7 Å². The Morgan fingerprint density at radius 2 is 1.24 bits per heavy atom. The molecule has 4 rings (SSSR count). The van der Waals surface area contributed by atoms with Gasteiger partial charge in [-0.15, -0.1) is 0 Å². The lowest BCUT2D eigenvalue weighted by Crippen LogP contribution is -3.00. The van der Waals surface area contributed by atoms with Crippen molar-refractivity contribution in [3.63, 3.8) is 0 Å². The summed E-state index contributed by atoms with van der Waals surface area (Å²) in [5, 5.41) is 3.56. The number of esters is 1. The van der Waals surface area contributed by atoms with Crippen LogP contribution in [-0.4, -0.2) is 19.2 Å². The van der Waals surface area contributed by atoms with E-state index in [1.165, 1.54) is 35.2 Å². The molecule has 38 heavy (non-hydrogen) atoms. The van der Waals surface area contributed by atoms with Gasteiger partial charge in [0.25, 0.3) is 0 Å². The Morgan fingerprint density at radius 3 is 1.66 bits per heavy atom. The summed E-state index contributed by atoms with van der Waals surface area (Å²) in [5.74, 6) is -0.865. The number of hydrogen-bond donors (Lipinski definition) is 0. The maximum absolute atomic E-state index is 13.5. The molecule has 0 amide bonds. The molecule has 0 aromatic heterocycles. The van der Waals surface area contributed by atoms with Gasteiger partial charge in [0.05, 0.1) is 25.3 Å². The number of ether oxygens (including phenoxy) is 1. The highest BCUT2D eigenvalue weighted by molar-refractivity contribution is 7.95. The van der Waals surface area contributed by atoms with Gasteiger partial charge in [0.2, 0.25) is 0 Å². The Labute approximate surface area is 239 Å². The molecule has 0 N–H and O–H groups in total. The van der Waals surface area contributed by atoms with Gasteiger partial charge in [-0.05, 0) is 60.4 Å². The summed E-state index contributed by atoms with van der Waals surface area (Å²) in [6.45, 7) is 0. The summed E-state index contributed by atoms with van der Waals surface area (Å²) in [6, 6.07) is 36.2. The number of benzene rings is 4. The highest BCUT2D eigenvalue weighted by atomic mass is 127. The zero-order chi connectivity index (χ0) is 26.3. The summed E-state index contributed by atoms with van der Waals surface area (Å²) < 4.78 is 45.5. The van der Waals surface area contributed by atoms with Crippen LogP contribution in [0.15, 0.2) is 115 Å². The first-order valence-electron chi connectivity index (χ1n) is 12.1. The van der Waals surface area contributed by atoms with E-state index in [4.69, 9.17) is 4.74 Å². The third kappa shape index (κ3) is 6.83. The summed E-state index contributed by atoms with van der Waals surface area (Å²) >= 11 is 0. The van der Waals surface area contributed by atoms with E-state index >= 15 is 0 Å². The summed E-state index contributed by atoms with van der Waals surface area (Å²) in [5.41, 5.74) is -0.220. The molecule has 0 aliphatic rings. The van der Waals surface area contributed by atoms with Crippen molar-refractivity contribution in [1.82, 2.24) is 0 Å². The molecule has 4 aromatic carbocycles.